The number of anilines is 2. The lowest BCUT2D eigenvalue weighted by molar-refractivity contribution is -0.122. The van der Waals surface area contributed by atoms with Crippen LogP contribution in [-0.4, -0.2) is 30.4 Å². The highest BCUT2D eigenvalue weighted by atomic mass is 16.5. The Morgan fingerprint density at radius 1 is 1.14 bits per heavy atom. The number of carbonyl (C=O) groups excluding carboxylic acids is 3. The molecule has 28 heavy (non-hydrogen) atoms. The minimum atomic E-state index is -0.506. The summed E-state index contributed by atoms with van der Waals surface area (Å²) in [5.74, 6) is -1.01. The molecule has 0 saturated carbocycles. The zero-order chi connectivity index (χ0) is 19.7. The Morgan fingerprint density at radius 2 is 1.93 bits per heavy atom. The van der Waals surface area contributed by atoms with Crippen molar-refractivity contribution < 1.29 is 19.1 Å². The Kier molecular flexibility index (Phi) is 4.86. The van der Waals surface area contributed by atoms with Crippen molar-refractivity contribution in [2.75, 3.05) is 16.8 Å². The van der Waals surface area contributed by atoms with E-state index in [-0.39, 0.29) is 30.9 Å². The van der Waals surface area contributed by atoms with Gasteiger partial charge in [-0.25, -0.2) is 4.79 Å². The number of rotatable bonds is 3. The molecule has 4 rings (SSSR count). The van der Waals surface area contributed by atoms with Gasteiger partial charge >= 0.3 is 5.97 Å². The van der Waals surface area contributed by atoms with Crippen molar-refractivity contribution in [2.24, 2.45) is 0 Å². The number of hydrogen-bond acceptors (Lipinski definition) is 4. The van der Waals surface area contributed by atoms with Gasteiger partial charge in [0.25, 0.3) is 5.91 Å². The van der Waals surface area contributed by atoms with Crippen molar-refractivity contribution in [3.05, 3.63) is 59.2 Å². The van der Waals surface area contributed by atoms with E-state index in [4.69, 9.17) is 4.74 Å². The van der Waals surface area contributed by atoms with Gasteiger partial charge in [-0.05, 0) is 61.6 Å². The number of aryl methyl sites for hydroxylation is 2. The summed E-state index contributed by atoms with van der Waals surface area (Å²) in [7, 11) is 0. The highest BCUT2D eigenvalue weighted by molar-refractivity contribution is 6.05. The van der Waals surface area contributed by atoms with Crippen LogP contribution in [0.4, 0.5) is 11.4 Å². The third-order valence-corrected chi connectivity index (χ3v) is 5.29. The third kappa shape index (κ3) is 3.50. The van der Waals surface area contributed by atoms with E-state index in [1.54, 1.807) is 30.3 Å². The lowest BCUT2D eigenvalue weighted by Gasteiger charge is -2.27. The Hall–Kier alpha value is -3.15. The number of hydrogen-bond donors (Lipinski definition) is 1. The van der Waals surface area contributed by atoms with Crippen LogP contribution in [0.2, 0.25) is 0 Å². The summed E-state index contributed by atoms with van der Waals surface area (Å²) in [6.07, 6.45) is 3.30. The second-order valence-electron chi connectivity index (χ2n) is 7.30. The lowest BCUT2D eigenvalue weighted by Crippen LogP contribution is -2.41. The summed E-state index contributed by atoms with van der Waals surface area (Å²) in [4.78, 5) is 38.8. The SMILES string of the molecule is CC1CC(=O)Nc2ccccc2N1C(=O)COC(=O)c1ccc2c(c1)CCC2. The van der Waals surface area contributed by atoms with Crippen LogP contribution in [0.1, 0.15) is 41.3 Å². The molecule has 1 aliphatic carbocycles. The van der Waals surface area contributed by atoms with E-state index < -0.39 is 5.97 Å². The van der Waals surface area contributed by atoms with Gasteiger partial charge in [0.2, 0.25) is 5.91 Å². The number of amides is 2. The quantitative estimate of drug-likeness (QED) is 0.833. The van der Waals surface area contributed by atoms with Crippen LogP contribution in [0, 0.1) is 0 Å². The number of fused-ring (bicyclic) bond motifs is 2. The summed E-state index contributed by atoms with van der Waals surface area (Å²) in [6, 6.07) is 12.4. The molecule has 1 aliphatic heterocycles. The first-order valence-electron chi connectivity index (χ1n) is 9.53. The van der Waals surface area contributed by atoms with E-state index in [0.29, 0.717) is 16.9 Å². The molecule has 2 amide bonds. The number of ether oxygens (including phenoxy) is 1. The van der Waals surface area contributed by atoms with Gasteiger partial charge < -0.3 is 15.0 Å². The molecule has 2 aromatic carbocycles. The van der Waals surface area contributed by atoms with Crippen LogP contribution in [-0.2, 0) is 27.2 Å². The van der Waals surface area contributed by atoms with Crippen LogP contribution in [0.25, 0.3) is 0 Å². The maximum absolute atomic E-state index is 12.9. The van der Waals surface area contributed by atoms with E-state index in [9.17, 15) is 14.4 Å². The van der Waals surface area contributed by atoms with Crippen molar-refractivity contribution in [1.82, 2.24) is 0 Å². The fourth-order valence-electron chi connectivity index (χ4n) is 3.95. The number of nitrogens with zero attached hydrogens (tertiary/aromatic N) is 1. The number of nitrogens with one attached hydrogen (secondary N) is 1. The molecule has 0 spiro atoms. The Morgan fingerprint density at radius 3 is 2.79 bits per heavy atom. The molecule has 1 atom stereocenters. The van der Waals surface area contributed by atoms with Crippen molar-refractivity contribution >= 4 is 29.2 Å². The lowest BCUT2D eigenvalue weighted by atomic mass is 10.1. The van der Waals surface area contributed by atoms with Crippen molar-refractivity contribution in [2.45, 2.75) is 38.6 Å². The van der Waals surface area contributed by atoms with E-state index in [1.807, 2.05) is 19.1 Å². The predicted molar refractivity (Wildman–Crippen MR) is 105 cm³/mol. The first-order valence-corrected chi connectivity index (χ1v) is 9.53. The first kappa shape index (κ1) is 18.2. The molecule has 1 unspecified atom stereocenters. The standard InChI is InChI=1S/C22H22N2O4/c1-14-11-20(25)23-18-7-2-3-8-19(18)24(14)21(26)13-28-22(27)17-10-9-15-5-4-6-16(15)12-17/h2-3,7-10,12,14H,4-6,11,13H2,1H3,(H,23,25). The van der Waals surface area contributed by atoms with E-state index in [2.05, 4.69) is 5.32 Å². The third-order valence-electron chi connectivity index (χ3n) is 5.29. The van der Waals surface area contributed by atoms with Crippen molar-refractivity contribution in [1.29, 1.82) is 0 Å². The molecule has 6 heteroatoms. The number of esters is 1. The maximum Gasteiger partial charge on any atom is 0.338 e. The fourth-order valence-corrected chi connectivity index (χ4v) is 3.95. The number of para-hydroxylation sites is 2. The average molecular weight is 378 g/mol. The molecule has 0 fully saturated rings. The summed E-state index contributed by atoms with van der Waals surface area (Å²) < 4.78 is 5.30. The van der Waals surface area contributed by atoms with Crippen LogP contribution in [0.3, 0.4) is 0 Å². The molecule has 1 heterocycles. The summed E-state index contributed by atoms with van der Waals surface area (Å²) >= 11 is 0. The topological polar surface area (TPSA) is 75.7 Å². The van der Waals surface area contributed by atoms with Gasteiger partial charge in [-0.2, -0.15) is 0 Å². The maximum atomic E-state index is 12.9. The largest absolute Gasteiger partial charge is 0.452 e. The number of carbonyl (C=O) groups is 3. The Labute approximate surface area is 163 Å². The van der Waals surface area contributed by atoms with Crippen LogP contribution in [0.15, 0.2) is 42.5 Å². The van der Waals surface area contributed by atoms with Crippen molar-refractivity contribution in [3.8, 4) is 0 Å². The first-order chi connectivity index (χ1) is 13.5. The van der Waals surface area contributed by atoms with Crippen molar-refractivity contribution in [3.63, 3.8) is 0 Å². The molecule has 0 saturated heterocycles. The zero-order valence-electron chi connectivity index (χ0n) is 15.7. The summed E-state index contributed by atoms with van der Waals surface area (Å²) in [6.45, 7) is 1.44. The van der Waals surface area contributed by atoms with E-state index >= 15 is 0 Å². The fraction of sp³-hybridized carbons (Fsp3) is 0.318. The molecule has 0 aromatic heterocycles. The molecular weight excluding hydrogens is 356 g/mol. The minimum Gasteiger partial charge on any atom is -0.452 e. The van der Waals surface area contributed by atoms with Crippen LogP contribution < -0.4 is 10.2 Å². The van der Waals surface area contributed by atoms with E-state index in [1.165, 1.54) is 16.0 Å². The molecule has 6 nitrogen and oxygen atoms in total. The molecular formula is C22H22N2O4. The van der Waals surface area contributed by atoms with Gasteiger partial charge in [0.05, 0.1) is 16.9 Å². The van der Waals surface area contributed by atoms with Gasteiger partial charge in [0.1, 0.15) is 0 Å². The summed E-state index contributed by atoms with van der Waals surface area (Å²) in [5.41, 5.74) is 4.12. The number of benzene rings is 2. The van der Waals surface area contributed by atoms with Gasteiger partial charge in [-0.1, -0.05) is 18.2 Å². The second kappa shape index (κ2) is 7.46. The summed E-state index contributed by atoms with van der Waals surface area (Å²) in [5, 5.41) is 2.81. The smallest absolute Gasteiger partial charge is 0.338 e. The normalized spacial score (nSPS) is 18.0. The van der Waals surface area contributed by atoms with Crippen LogP contribution >= 0.6 is 0 Å². The Balaban J connectivity index is 1.48. The van der Waals surface area contributed by atoms with Gasteiger partial charge in [-0.15, -0.1) is 0 Å². The predicted octanol–water partition coefficient (Wildman–Crippen LogP) is 3.10. The Bertz CT molecular complexity index is 953. The zero-order valence-corrected chi connectivity index (χ0v) is 15.7. The molecule has 1 N–H and O–H groups in total. The molecule has 144 valence electrons. The molecule has 2 aliphatic rings. The van der Waals surface area contributed by atoms with Gasteiger partial charge in [0.15, 0.2) is 6.61 Å². The average Bonchev–Trinajstić information content (AvgIpc) is 3.10. The highest BCUT2D eigenvalue weighted by Crippen LogP contribution is 2.31. The minimum absolute atomic E-state index is 0.148. The van der Waals surface area contributed by atoms with E-state index in [0.717, 1.165) is 19.3 Å². The highest BCUT2D eigenvalue weighted by Gasteiger charge is 2.30. The molecule has 0 radical (unpaired) electrons. The monoisotopic (exact) mass is 378 g/mol. The second-order valence-corrected chi connectivity index (χ2v) is 7.30. The van der Waals surface area contributed by atoms with Gasteiger partial charge in [0, 0.05) is 12.5 Å². The van der Waals surface area contributed by atoms with Gasteiger partial charge in [-0.3, -0.25) is 9.59 Å². The van der Waals surface area contributed by atoms with Crippen LogP contribution in [0.5, 0.6) is 0 Å². The molecule has 2 aromatic rings. The molecule has 0 bridgehead atoms.